The van der Waals surface area contributed by atoms with E-state index in [1.807, 2.05) is 6.92 Å². The van der Waals surface area contributed by atoms with Crippen molar-refractivity contribution in [2.75, 3.05) is 18.9 Å². The van der Waals surface area contributed by atoms with Gasteiger partial charge in [-0.3, -0.25) is 9.69 Å². The van der Waals surface area contributed by atoms with E-state index in [0.717, 1.165) is 12.1 Å². The van der Waals surface area contributed by atoms with Gasteiger partial charge in [0.25, 0.3) is 0 Å². The maximum Gasteiger partial charge on any atom is 0.241 e. The fourth-order valence-corrected chi connectivity index (χ4v) is 1.33. The van der Waals surface area contributed by atoms with Crippen LogP contribution in [0.4, 0.5) is 18.9 Å². The largest absolute Gasteiger partial charge is 0.322 e. The van der Waals surface area contributed by atoms with E-state index in [9.17, 15) is 18.0 Å². The summed E-state index contributed by atoms with van der Waals surface area (Å²) in [5, 5.41) is 2.23. The van der Waals surface area contributed by atoms with Crippen molar-refractivity contribution >= 4 is 11.6 Å². The first-order valence-corrected chi connectivity index (χ1v) is 5.53. The maximum atomic E-state index is 13.3. The average molecular weight is 260 g/mol. The minimum absolute atomic E-state index is 0.366. The van der Waals surface area contributed by atoms with Gasteiger partial charge in [0.2, 0.25) is 5.91 Å². The van der Waals surface area contributed by atoms with Crippen LogP contribution in [0.5, 0.6) is 0 Å². The van der Waals surface area contributed by atoms with E-state index in [2.05, 4.69) is 5.32 Å². The van der Waals surface area contributed by atoms with Gasteiger partial charge in [-0.05, 0) is 32.6 Å². The second kappa shape index (κ2) is 5.86. The number of benzene rings is 1. The predicted molar refractivity (Wildman–Crippen MR) is 62.7 cm³/mol. The van der Waals surface area contributed by atoms with Crippen molar-refractivity contribution in [2.24, 2.45) is 0 Å². The van der Waals surface area contributed by atoms with Gasteiger partial charge in [-0.15, -0.1) is 0 Å². The van der Waals surface area contributed by atoms with Crippen LogP contribution in [0.3, 0.4) is 0 Å². The minimum atomic E-state index is -1.59. The van der Waals surface area contributed by atoms with E-state index >= 15 is 0 Å². The highest BCUT2D eigenvalue weighted by Crippen LogP contribution is 2.19. The molecule has 1 rings (SSSR count). The lowest BCUT2D eigenvalue weighted by atomic mass is 10.2. The van der Waals surface area contributed by atoms with E-state index in [0.29, 0.717) is 6.54 Å². The van der Waals surface area contributed by atoms with E-state index < -0.39 is 29.4 Å². The molecular formula is C12H15F3N2O. The number of halogens is 3. The van der Waals surface area contributed by atoms with Gasteiger partial charge in [0, 0.05) is 0 Å². The van der Waals surface area contributed by atoms with Gasteiger partial charge in [0.05, 0.1) is 11.7 Å². The van der Waals surface area contributed by atoms with Crippen LogP contribution in [0.1, 0.15) is 13.8 Å². The van der Waals surface area contributed by atoms with Crippen LogP contribution in [-0.2, 0) is 4.79 Å². The predicted octanol–water partition coefficient (Wildman–Crippen LogP) is 2.38. The summed E-state index contributed by atoms with van der Waals surface area (Å²) in [6, 6.07) is 1.26. The third kappa shape index (κ3) is 3.01. The van der Waals surface area contributed by atoms with Crippen molar-refractivity contribution in [1.82, 2.24) is 4.90 Å². The van der Waals surface area contributed by atoms with E-state index in [1.54, 1.807) is 18.9 Å². The van der Waals surface area contributed by atoms with E-state index in [1.165, 1.54) is 0 Å². The first-order chi connectivity index (χ1) is 8.38. The summed E-state index contributed by atoms with van der Waals surface area (Å²) in [5.74, 6) is -4.76. The van der Waals surface area contributed by atoms with Gasteiger partial charge < -0.3 is 5.32 Å². The number of nitrogens with one attached hydrogen (secondary N) is 1. The molecule has 0 aliphatic carbocycles. The molecule has 1 aromatic rings. The molecule has 18 heavy (non-hydrogen) atoms. The van der Waals surface area contributed by atoms with Crippen LogP contribution in [0.25, 0.3) is 0 Å². The smallest absolute Gasteiger partial charge is 0.241 e. The Balaban J connectivity index is 2.86. The minimum Gasteiger partial charge on any atom is -0.322 e. The normalized spacial score (nSPS) is 12.6. The third-order valence-corrected chi connectivity index (χ3v) is 2.83. The number of carbonyl (C=O) groups is 1. The number of likely N-dealkylation sites (N-methyl/N-ethyl adjacent to an activating group) is 1. The highest BCUT2D eigenvalue weighted by Gasteiger charge is 2.20. The van der Waals surface area contributed by atoms with Gasteiger partial charge in [-0.25, -0.2) is 13.2 Å². The first kappa shape index (κ1) is 14.5. The van der Waals surface area contributed by atoms with Crippen LogP contribution < -0.4 is 5.32 Å². The molecule has 0 spiro atoms. The standard InChI is InChI=1S/C12H15F3N2O/c1-4-17(3)7(2)12(18)16-9-6-5-8(13)10(14)11(9)15/h5-7H,4H2,1-3H3,(H,16,18). The molecule has 100 valence electrons. The molecular weight excluding hydrogens is 245 g/mol. The van der Waals surface area contributed by atoms with Crippen LogP contribution in [-0.4, -0.2) is 30.4 Å². The molecule has 0 heterocycles. The van der Waals surface area contributed by atoms with Gasteiger partial charge in [-0.1, -0.05) is 6.92 Å². The summed E-state index contributed by atoms with van der Waals surface area (Å²) in [6.45, 7) is 4.13. The molecule has 0 radical (unpaired) electrons. The van der Waals surface area contributed by atoms with Crippen molar-refractivity contribution < 1.29 is 18.0 Å². The molecule has 3 nitrogen and oxygen atoms in total. The Morgan fingerprint density at radius 3 is 2.50 bits per heavy atom. The molecule has 0 fully saturated rings. The Morgan fingerprint density at radius 1 is 1.33 bits per heavy atom. The summed E-state index contributed by atoms with van der Waals surface area (Å²) >= 11 is 0. The zero-order valence-corrected chi connectivity index (χ0v) is 10.4. The lowest BCUT2D eigenvalue weighted by molar-refractivity contribution is -0.120. The highest BCUT2D eigenvalue weighted by atomic mass is 19.2. The second-order valence-corrected chi connectivity index (χ2v) is 3.96. The number of rotatable bonds is 4. The lowest BCUT2D eigenvalue weighted by Gasteiger charge is -2.22. The quantitative estimate of drug-likeness (QED) is 0.843. The van der Waals surface area contributed by atoms with Crippen molar-refractivity contribution in [3.05, 3.63) is 29.6 Å². The molecule has 1 unspecified atom stereocenters. The van der Waals surface area contributed by atoms with Gasteiger partial charge in [0.15, 0.2) is 17.5 Å². The molecule has 1 N–H and O–H groups in total. The number of hydrogen-bond acceptors (Lipinski definition) is 2. The lowest BCUT2D eigenvalue weighted by Crippen LogP contribution is -2.39. The van der Waals surface area contributed by atoms with Gasteiger partial charge in [-0.2, -0.15) is 0 Å². The summed E-state index contributed by atoms with van der Waals surface area (Å²) in [5.41, 5.74) is -0.366. The highest BCUT2D eigenvalue weighted by molar-refractivity contribution is 5.94. The molecule has 0 saturated carbocycles. The molecule has 1 atom stereocenters. The summed E-state index contributed by atoms with van der Waals surface area (Å²) in [4.78, 5) is 13.5. The van der Waals surface area contributed by atoms with Crippen LogP contribution in [0.2, 0.25) is 0 Å². The van der Waals surface area contributed by atoms with Crippen molar-refractivity contribution in [3.8, 4) is 0 Å². The Kier molecular flexibility index (Phi) is 4.72. The zero-order chi connectivity index (χ0) is 13.9. The topological polar surface area (TPSA) is 32.3 Å². The molecule has 0 aromatic heterocycles. The Hall–Kier alpha value is -1.56. The summed E-state index contributed by atoms with van der Waals surface area (Å²) in [7, 11) is 1.73. The number of carbonyl (C=O) groups excluding carboxylic acids is 1. The van der Waals surface area contributed by atoms with Crippen LogP contribution >= 0.6 is 0 Å². The fourth-order valence-electron chi connectivity index (χ4n) is 1.33. The average Bonchev–Trinajstić information content (AvgIpc) is 2.37. The molecule has 0 aliphatic rings. The van der Waals surface area contributed by atoms with Crippen molar-refractivity contribution in [3.63, 3.8) is 0 Å². The molecule has 6 heteroatoms. The molecule has 0 aliphatic heterocycles. The second-order valence-electron chi connectivity index (χ2n) is 3.96. The molecule has 1 amide bonds. The van der Waals surface area contributed by atoms with Gasteiger partial charge >= 0.3 is 0 Å². The van der Waals surface area contributed by atoms with Gasteiger partial charge in [0.1, 0.15) is 0 Å². The summed E-state index contributed by atoms with van der Waals surface area (Å²) in [6.07, 6.45) is 0. The van der Waals surface area contributed by atoms with E-state index in [-0.39, 0.29) is 5.69 Å². The van der Waals surface area contributed by atoms with E-state index in [4.69, 9.17) is 0 Å². The van der Waals surface area contributed by atoms with Crippen molar-refractivity contribution in [1.29, 1.82) is 0 Å². The third-order valence-electron chi connectivity index (χ3n) is 2.83. The Labute approximate surface area is 104 Å². The van der Waals surface area contributed by atoms with Crippen molar-refractivity contribution in [2.45, 2.75) is 19.9 Å². The number of hydrogen-bond donors (Lipinski definition) is 1. The van der Waals surface area contributed by atoms with Crippen LogP contribution in [0.15, 0.2) is 12.1 Å². The molecule has 0 saturated heterocycles. The maximum absolute atomic E-state index is 13.3. The number of amides is 1. The zero-order valence-electron chi connectivity index (χ0n) is 10.4. The fraction of sp³-hybridized carbons (Fsp3) is 0.417. The first-order valence-electron chi connectivity index (χ1n) is 5.53. The van der Waals surface area contributed by atoms with Crippen LogP contribution in [0, 0.1) is 17.5 Å². The molecule has 1 aromatic carbocycles. The number of nitrogens with zero attached hydrogens (tertiary/aromatic N) is 1. The number of anilines is 1. The molecule has 0 bridgehead atoms. The summed E-state index contributed by atoms with van der Waals surface area (Å²) < 4.78 is 39.0. The SMILES string of the molecule is CCN(C)C(C)C(=O)Nc1ccc(F)c(F)c1F. The Bertz CT molecular complexity index is 451. The Morgan fingerprint density at radius 2 is 1.94 bits per heavy atom. The monoisotopic (exact) mass is 260 g/mol.